The highest BCUT2D eigenvalue weighted by atomic mass is 35.5. The molecular weight excluding hydrogens is 942 g/mol. The Kier molecular flexibility index (Phi) is 20.1. The van der Waals surface area contributed by atoms with E-state index in [2.05, 4.69) is 36.3 Å². The summed E-state index contributed by atoms with van der Waals surface area (Å²) in [7, 11) is 0. The number of amides is 5. The zero-order chi connectivity index (χ0) is 48.2. The number of H-pyrrole nitrogens is 2. The van der Waals surface area contributed by atoms with E-state index < -0.39 is 34.9 Å². The van der Waals surface area contributed by atoms with E-state index in [-0.39, 0.29) is 85.7 Å². The van der Waals surface area contributed by atoms with Crippen molar-refractivity contribution in [2.45, 2.75) is 97.9 Å². The summed E-state index contributed by atoms with van der Waals surface area (Å²) in [5.74, 6) is -2.82. The van der Waals surface area contributed by atoms with Crippen molar-refractivity contribution < 1.29 is 43.3 Å². The maximum absolute atomic E-state index is 12.8. The number of nitrogens with one attached hydrogen (secondary N) is 5. The van der Waals surface area contributed by atoms with Crippen molar-refractivity contribution in [1.82, 2.24) is 35.5 Å². The highest BCUT2D eigenvalue weighted by Gasteiger charge is 2.29. The maximum atomic E-state index is 12.8. The fourth-order valence-corrected chi connectivity index (χ4v) is 7.23. The van der Waals surface area contributed by atoms with Crippen molar-refractivity contribution in [1.29, 1.82) is 0 Å². The second-order valence-corrected chi connectivity index (χ2v) is 18.4. The topological polar surface area (TPSA) is 267 Å². The van der Waals surface area contributed by atoms with Crippen LogP contribution in [0.5, 0.6) is 0 Å². The Morgan fingerprint density at radius 1 is 0.652 bits per heavy atom. The number of carboxylic acids is 1. The summed E-state index contributed by atoms with van der Waals surface area (Å²) < 4.78 is 10.6. The van der Waals surface area contributed by atoms with E-state index in [0.717, 1.165) is 25.9 Å². The van der Waals surface area contributed by atoms with Gasteiger partial charge in [-0.05, 0) is 91.5 Å². The van der Waals surface area contributed by atoms with Gasteiger partial charge in [-0.1, -0.05) is 66.0 Å². The molecule has 0 aliphatic carbocycles. The fourth-order valence-electron chi connectivity index (χ4n) is 6.10. The molecule has 8 N–H and O–H groups in total. The van der Waals surface area contributed by atoms with Crippen LogP contribution in [0.1, 0.15) is 116 Å². The van der Waals surface area contributed by atoms with E-state index in [0.29, 0.717) is 25.9 Å². The van der Waals surface area contributed by atoms with E-state index in [9.17, 15) is 28.8 Å². The summed E-state index contributed by atoms with van der Waals surface area (Å²) in [6.07, 6.45) is 4.85. The molecule has 0 saturated carbocycles. The number of ether oxygens (including phenoxy) is 2. The highest BCUT2D eigenvalue weighted by Crippen LogP contribution is 2.27. The van der Waals surface area contributed by atoms with E-state index in [1.54, 1.807) is 34.1 Å². The SMILES string of the molecule is C.CC(C)(C)OC(=O)N1CCC(N)CC1.CC(C)(C)OC(=O)N1CCC(NC(=O)c2[nH]ncc2NC(=O)c2c(Cl)cccc2Cl)CC1.O=C(O)c1[nH]ncc1NC(=O)c1c(Cl)cccc1Cl. The van der Waals surface area contributed by atoms with Crippen LogP contribution in [0.2, 0.25) is 20.1 Å². The number of aromatic nitrogens is 4. The number of hydrogen-bond donors (Lipinski definition) is 7. The Balaban J connectivity index is 0.000000288. The summed E-state index contributed by atoms with van der Waals surface area (Å²) in [6, 6.07) is 9.46. The minimum absolute atomic E-state index is 0. The number of hydrogen-bond acceptors (Lipinski definition) is 11. The summed E-state index contributed by atoms with van der Waals surface area (Å²) in [6.45, 7) is 13.5. The van der Waals surface area contributed by atoms with Gasteiger partial charge in [-0.2, -0.15) is 10.2 Å². The molecule has 0 radical (unpaired) electrons. The molecule has 2 saturated heterocycles. The van der Waals surface area contributed by atoms with Gasteiger partial charge in [0.1, 0.15) is 16.9 Å². The van der Waals surface area contributed by atoms with E-state index >= 15 is 0 Å². The van der Waals surface area contributed by atoms with Crippen molar-refractivity contribution in [3.05, 3.63) is 91.4 Å². The fraction of sp³-hybridized carbons (Fsp3) is 0.442. The number of carbonyl (C=O) groups is 6. The second-order valence-electron chi connectivity index (χ2n) is 16.7. The molecular formula is C43H56Cl4N10O9. The molecule has 0 bridgehead atoms. The Hall–Kier alpha value is -5.60. The standard InChI is InChI=1S/C21H25Cl2N5O4.C11H7Cl2N3O3.C10H20N2O2.CH4/c1-21(2,3)32-20(31)28-9-7-12(8-10-28)25-19(30)17-15(11-24-27-17)26-18(29)16-13(22)5-4-6-14(16)23;12-5-2-1-3-6(13)8(5)10(17)15-7-4-14-16-9(7)11(18)19;1-10(2,3)14-9(13)12-6-4-8(11)5-7-12;/h4-6,11-12H,7-10H2,1-3H3,(H,24,27)(H,25,30)(H,26,29);1-4H,(H,14,16)(H,15,17)(H,18,19);8H,4-7,11H2,1-3H3;1H4. The first-order chi connectivity index (χ1) is 30.4. The monoisotopic (exact) mass is 996 g/mol. The van der Waals surface area contributed by atoms with Crippen LogP contribution in [0.15, 0.2) is 48.8 Å². The quantitative estimate of drug-likeness (QED) is 0.0916. The lowest BCUT2D eigenvalue weighted by atomic mass is 10.1. The number of carbonyl (C=O) groups excluding carboxylic acids is 5. The van der Waals surface area contributed by atoms with Gasteiger partial charge in [-0.15, -0.1) is 0 Å². The van der Waals surface area contributed by atoms with Gasteiger partial charge in [-0.3, -0.25) is 24.6 Å². The summed E-state index contributed by atoms with van der Waals surface area (Å²) in [4.78, 5) is 75.4. The Labute approximate surface area is 402 Å². The van der Waals surface area contributed by atoms with Crippen molar-refractivity contribution >= 4 is 93.7 Å². The molecule has 2 aromatic heterocycles. The molecule has 4 aromatic rings. The van der Waals surface area contributed by atoms with Crippen LogP contribution < -0.4 is 21.7 Å². The van der Waals surface area contributed by atoms with Gasteiger partial charge in [0.05, 0.1) is 55.0 Å². The van der Waals surface area contributed by atoms with Gasteiger partial charge in [0.2, 0.25) is 0 Å². The van der Waals surface area contributed by atoms with E-state index in [4.69, 9.17) is 66.7 Å². The smallest absolute Gasteiger partial charge is 0.410 e. The molecule has 2 fully saturated rings. The maximum Gasteiger partial charge on any atom is 0.410 e. The second kappa shape index (κ2) is 24.3. The zero-order valence-electron chi connectivity index (χ0n) is 36.5. The average molecular weight is 999 g/mol. The number of likely N-dealkylation sites (tertiary alicyclic amines) is 2. The lowest BCUT2D eigenvalue weighted by molar-refractivity contribution is 0.0191. The number of benzene rings is 2. The molecule has 0 atom stereocenters. The minimum atomic E-state index is -1.24. The van der Waals surface area contributed by atoms with Gasteiger partial charge in [0.25, 0.3) is 17.7 Å². The summed E-state index contributed by atoms with van der Waals surface area (Å²) in [5.41, 5.74) is 5.08. The molecule has 6 rings (SSSR count). The predicted octanol–water partition coefficient (Wildman–Crippen LogP) is 8.75. The number of aromatic carboxylic acids is 1. The number of piperidine rings is 2. The minimum Gasteiger partial charge on any atom is -0.476 e. The molecule has 0 unspecified atom stereocenters. The molecule has 2 aromatic carbocycles. The summed E-state index contributed by atoms with van der Waals surface area (Å²) in [5, 5.41) is 29.8. The predicted molar refractivity (Wildman–Crippen MR) is 253 cm³/mol. The molecule has 66 heavy (non-hydrogen) atoms. The Bertz CT molecular complexity index is 2290. The van der Waals surface area contributed by atoms with Crippen LogP contribution in [0, 0.1) is 0 Å². The number of aromatic amines is 2. The molecule has 23 heteroatoms. The van der Waals surface area contributed by atoms with Crippen LogP contribution in [-0.4, -0.2) is 121 Å². The molecule has 2 aliphatic heterocycles. The zero-order valence-corrected chi connectivity index (χ0v) is 39.5. The third kappa shape index (κ3) is 16.4. The Morgan fingerprint density at radius 3 is 1.39 bits per heavy atom. The lowest BCUT2D eigenvalue weighted by Gasteiger charge is -2.33. The average Bonchev–Trinajstić information content (AvgIpc) is 3.87. The summed E-state index contributed by atoms with van der Waals surface area (Å²) >= 11 is 23.9. The third-order valence-electron chi connectivity index (χ3n) is 9.27. The number of nitrogens with zero attached hydrogens (tertiary/aromatic N) is 4. The van der Waals surface area contributed by atoms with Crippen LogP contribution in [-0.2, 0) is 9.47 Å². The number of carboxylic acid groups (broad SMARTS) is 1. The van der Waals surface area contributed by atoms with Gasteiger partial charge in [-0.25, -0.2) is 14.4 Å². The number of halogens is 4. The van der Waals surface area contributed by atoms with Crippen molar-refractivity contribution in [2.24, 2.45) is 5.73 Å². The highest BCUT2D eigenvalue weighted by molar-refractivity contribution is 6.41. The first kappa shape index (κ1) is 54.7. The Morgan fingerprint density at radius 2 is 1.02 bits per heavy atom. The normalized spacial score (nSPS) is 14.2. The number of nitrogens with two attached hydrogens (primary N) is 1. The van der Waals surface area contributed by atoms with Gasteiger partial charge < -0.3 is 46.1 Å². The van der Waals surface area contributed by atoms with Crippen molar-refractivity contribution in [2.75, 3.05) is 36.8 Å². The van der Waals surface area contributed by atoms with Gasteiger partial charge in [0, 0.05) is 38.3 Å². The van der Waals surface area contributed by atoms with E-state index in [1.807, 2.05) is 41.5 Å². The molecule has 19 nitrogen and oxygen atoms in total. The van der Waals surface area contributed by atoms with Crippen LogP contribution in [0.4, 0.5) is 21.0 Å². The van der Waals surface area contributed by atoms with E-state index in [1.165, 1.54) is 24.5 Å². The first-order valence-corrected chi connectivity index (χ1v) is 21.8. The molecule has 0 spiro atoms. The number of rotatable bonds is 7. The molecule has 360 valence electrons. The number of anilines is 2. The van der Waals surface area contributed by atoms with Crippen LogP contribution in [0.3, 0.4) is 0 Å². The van der Waals surface area contributed by atoms with Crippen molar-refractivity contribution in [3.63, 3.8) is 0 Å². The molecule has 2 aliphatic rings. The molecule has 5 amide bonds. The van der Waals surface area contributed by atoms with Crippen molar-refractivity contribution in [3.8, 4) is 0 Å². The van der Waals surface area contributed by atoms with Crippen LogP contribution >= 0.6 is 46.4 Å². The largest absolute Gasteiger partial charge is 0.476 e. The molecule has 4 heterocycles. The van der Waals surface area contributed by atoms with Gasteiger partial charge in [0.15, 0.2) is 5.69 Å². The third-order valence-corrected chi connectivity index (χ3v) is 10.5. The first-order valence-electron chi connectivity index (χ1n) is 20.3. The van der Waals surface area contributed by atoms with Gasteiger partial charge >= 0.3 is 18.2 Å². The van der Waals surface area contributed by atoms with Crippen LogP contribution in [0.25, 0.3) is 0 Å². The lowest BCUT2D eigenvalue weighted by Crippen LogP contribution is -2.47.